The van der Waals surface area contributed by atoms with E-state index in [2.05, 4.69) is 36.5 Å². The minimum Gasteiger partial charge on any atom is -1.00 e. The number of piperidine rings is 3. The fourth-order valence-corrected chi connectivity index (χ4v) is 8.72. The number of aliphatic hydroxyl groups is 3. The standard InChI is InChI=1S/C41H56N2O6.BrH/c1-2-37(42-26-39(46)32-15-18-38(45)33(25-32)28-44)30-13-16-36(17-14-30)48-24-8-21-43-22-19-31(20-23-43)40(27-43)49-29-41(47,35-11-6-7-12-35)34-9-4-3-5-10-34;/h3-5,9-10,13-18,25,31,35,37,39-40,42,44,46-47H,2,6-8,11-12,19-24,26-29H2,1H3;1H/t31?,37-,39+,40+,41-,43?;/m1./s1. The van der Waals surface area contributed by atoms with Gasteiger partial charge >= 0.3 is 0 Å². The molecule has 4 aliphatic rings. The van der Waals surface area contributed by atoms with E-state index in [4.69, 9.17) is 9.47 Å². The lowest BCUT2D eigenvalue weighted by atomic mass is 9.80. The van der Waals surface area contributed by atoms with Crippen LogP contribution >= 0.6 is 0 Å². The van der Waals surface area contributed by atoms with Gasteiger partial charge in [-0.05, 0) is 66.1 Å². The van der Waals surface area contributed by atoms with Crippen molar-refractivity contribution in [2.45, 2.75) is 88.7 Å². The van der Waals surface area contributed by atoms with E-state index >= 15 is 0 Å². The molecule has 8 nitrogen and oxygen atoms in total. The van der Waals surface area contributed by atoms with Gasteiger partial charge < -0.3 is 56.7 Å². The molecule has 274 valence electrons. The Balaban J connectivity index is 0.00000486. The fraction of sp³-hybridized carbons (Fsp3) is 0.561. The Labute approximate surface area is 308 Å². The van der Waals surface area contributed by atoms with E-state index in [0.29, 0.717) is 36.8 Å². The number of quaternary nitrogens is 1. The van der Waals surface area contributed by atoms with E-state index in [1.54, 1.807) is 12.1 Å². The molecule has 3 saturated heterocycles. The Bertz CT molecular complexity index is 1460. The lowest BCUT2D eigenvalue weighted by Crippen LogP contribution is -3.00. The van der Waals surface area contributed by atoms with Crippen molar-refractivity contribution in [1.29, 1.82) is 0 Å². The van der Waals surface area contributed by atoms with Crippen molar-refractivity contribution in [3.8, 4) is 11.5 Å². The number of phenols is 1. The van der Waals surface area contributed by atoms with Crippen LogP contribution in [0.2, 0.25) is 0 Å². The number of nitrogens with zero attached hydrogens (tertiary/aromatic N) is 1. The van der Waals surface area contributed by atoms with Crippen molar-refractivity contribution in [3.63, 3.8) is 0 Å². The largest absolute Gasteiger partial charge is 1.00 e. The minimum absolute atomic E-state index is 0. The second-order valence-corrected chi connectivity index (χ2v) is 14.9. The third-order valence-electron chi connectivity index (χ3n) is 11.8. The number of hydrogen-bond donors (Lipinski definition) is 5. The quantitative estimate of drug-likeness (QED) is 0.107. The maximum Gasteiger partial charge on any atom is 0.121 e. The van der Waals surface area contributed by atoms with Crippen LogP contribution in [0.4, 0.5) is 0 Å². The summed E-state index contributed by atoms with van der Waals surface area (Å²) in [7, 11) is 0. The van der Waals surface area contributed by atoms with Gasteiger partial charge in [0.15, 0.2) is 0 Å². The summed E-state index contributed by atoms with van der Waals surface area (Å²) in [5.74, 6) is 1.75. The molecule has 3 heterocycles. The predicted octanol–water partition coefficient (Wildman–Crippen LogP) is 3.14. The van der Waals surface area contributed by atoms with Gasteiger partial charge in [0.05, 0.1) is 45.6 Å². The lowest BCUT2D eigenvalue weighted by molar-refractivity contribution is -0.946. The van der Waals surface area contributed by atoms with Gasteiger partial charge in [0.25, 0.3) is 0 Å². The maximum atomic E-state index is 12.0. The Hall–Kier alpha value is -2.50. The van der Waals surface area contributed by atoms with Crippen LogP contribution in [0.15, 0.2) is 72.8 Å². The monoisotopic (exact) mass is 752 g/mol. The second-order valence-electron chi connectivity index (χ2n) is 14.9. The molecule has 1 saturated carbocycles. The Morgan fingerprint density at radius 2 is 1.64 bits per heavy atom. The summed E-state index contributed by atoms with van der Waals surface area (Å²) >= 11 is 0. The number of benzene rings is 3. The lowest BCUT2D eigenvalue weighted by Gasteiger charge is -2.53. The van der Waals surface area contributed by atoms with Crippen LogP contribution in [0.3, 0.4) is 0 Å². The summed E-state index contributed by atoms with van der Waals surface area (Å²) in [5.41, 5.74) is 2.29. The van der Waals surface area contributed by atoms with Gasteiger partial charge in [-0.1, -0.05) is 68.3 Å². The molecular weight excluding hydrogens is 696 g/mol. The van der Waals surface area contributed by atoms with Crippen LogP contribution in [0, 0.1) is 11.8 Å². The number of hydrogen-bond acceptors (Lipinski definition) is 7. The summed E-state index contributed by atoms with van der Waals surface area (Å²) in [5, 5.41) is 45.5. The molecule has 3 aromatic rings. The summed E-state index contributed by atoms with van der Waals surface area (Å²) < 4.78 is 14.0. The average Bonchev–Trinajstić information content (AvgIpc) is 3.70. The highest BCUT2D eigenvalue weighted by atomic mass is 79.9. The number of fused-ring (bicyclic) bond motifs is 3. The molecule has 0 amide bonds. The van der Waals surface area contributed by atoms with Crippen LogP contribution in [0.5, 0.6) is 11.5 Å². The van der Waals surface area contributed by atoms with Crippen molar-refractivity contribution in [2.75, 3.05) is 45.9 Å². The van der Waals surface area contributed by atoms with Crippen LogP contribution in [-0.4, -0.2) is 77.0 Å². The zero-order chi connectivity index (χ0) is 34.3. The van der Waals surface area contributed by atoms with Gasteiger partial charge in [0.1, 0.15) is 29.7 Å². The highest BCUT2D eigenvalue weighted by molar-refractivity contribution is 5.36. The SMILES string of the molecule is CC[C@@H](NC[C@H](O)c1ccc(O)c(CO)c1)c1ccc(OCCC[N+]23CCC(CC2)[C@@H](OC[C@@](O)(c2ccccc2)C2CCCC2)C3)cc1.[Br-]. The van der Waals surface area contributed by atoms with Gasteiger partial charge in [-0.15, -0.1) is 0 Å². The molecular formula is C41H57BrN2O6. The van der Waals surface area contributed by atoms with Gasteiger partial charge in [-0.2, -0.15) is 0 Å². The van der Waals surface area contributed by atoms with Gasteiger partial charge in [-0.3, -0.25) is 0 Å². The predicted molar refractivity (Wildman–Crippen MR) is 191 cm³/mol. The topological polar surface area (TPSA) is 111 Å². The molecule has 50 heavy (non-hydrogen) atoms. The van der Waals surface area contributed by atoms with Crippen LogP contribution in [0.25, 0.3) is 0 Å². The van der Waals surface area contributed by atoms with Gasteiger partial charge in [-0.25, -0.2) is 0 Å². The molecule has 2 bridgehead atoms. The molecule has 4 fully saturated rings. The Kier molecular flexibility index (Phi) is 13.8. The van der Waals surface area contributed by atoms with E-state index in [1.807, 2.05) is 30.3 Å². The third kappa shape index (κ3) is 9.10. The van der Waals surface area contributed by atoms with Crippen molar-refractivity contribution in [2.24, 2.45) is 11.8 Å². The molecule has 7 rings (SSSR count). The molecule has 3 aliphatic heterocycles. The first kappa shape index (κ1) is 38.7. The number of aromatic hydroxyl groups is 1. The van der Waals surface area contributed by atoms with Crippen LogP contribution in [0.1, 0.15) is 92.7 Å². The zero-order valence-electron chi connectivity index (χ0n) is 29.6. The van der Waals surface area contributed by atoms with Crippen molar-refractivity contribution >= 4 is 0 Å². The molecule has 3 aromatic carbocycles. The first-order chi connectivity index (χ1) is 23.8. The summed E-state index contributed by atoms with van der Waals surface area (Å²) in [6.07, 6.45) is 8.22. The van der Waals surface area contributed by atoms with E-state index in [1.165, 1.54) is 44.8 Å². The van der Waals surface area contributed by atoms with Gasteiger partial charge in [0, 0.05) is 43.3 Å². The van der Waals surface area contributed by atoms with E-state index in [0.717, 1.165) is 60.1 Å². The number of aliphatic hydroxyl groups excluding tert-OH is 2. The Morgan fingerprint density at radius 3 is 2.32 bits per heavy atom. The fourth-order valence-electron chi connectivity index (χ4n) is 8.72. The molecule has 5 N–H and O–H groups in total. The number of rotatable bonds is 17. The van der Waals surface area contributed by atoms with Crippen LogP contribution in [-0.2, 0) is 16.9 Å². The second kappa shape index (κ2) is 17.8. The number of ether oxygens (including phenoxy) is 2. The van der Waals surface area contributed by atoms with Gasteiger partial charge in [0.2, 0.25) is 0 Å². The summed E-state index contributed by atoms with van der Waals surface area (Å²) in [6, 6.07) is 23.4. The zero-order valence-corrected chi connectivity index (χ0v) is 31.1. The van der Waals surface area contributed by atoms with Crippen molar-refractivity contribution < 1.29 is 51.4 Å². The normalized spacial score (nSPS) is 24.3. The highest BCUT2D eigenvalue weighted by Gasteiger charge is 2.48. The Morgan fingerprint density at radius 1 is 0.940 bits per heavy atom. The molecule has 0 unspecified atom stereocenters. The number of nitrogens with one attached hydrogen (secondary N) is 1. The molecule has 4 atom stereocenters. The third-order valence-corrected chi connectivity index (χ3v) is 11.8. The average molecular weight is 754 g/mol. The van der Waals surface area contributed by atoms with E-state index in [-0.39, 0.29) is 47.4 Å². The summed E-state index contributed by atoms with van der Waals surface area (Å²) in [4.78, 5) is 0. The molecule has 9 heteroatoms. The number of halogens is 1. The van der Waals surface area contributed by atoms with Crippen molar-refractivity contribution in [1.82, 2.24) is 5.32 Å². The smallest absolute Gasteiger partial charge is 0.121 e. The van der Waals surface area contributed by atoms with E-state index < -0.39 is 11.7 Å². The molecule has 0 spiro atoms. The minimum atomic E-state index is -0.911. The first-order valence-corrected chi connectivity index (χ1v) is 18.6. The highest BCUT2D eigenvalue weighted by Crippen LogP contribution is 2.43. The molecule has 1 aliphatic carbocycles. The van der Waals surface area contributed by atoms with E-state index in [9.17, 15) is 20.4 Å². The maximum absolute atomic E-state index is 12.0. The molecule has 0 radical (unpaired) electrons. The summed E-state index contributed by atoms with van der Waals surface area (Å²) in [6.45, 7) is 7.79. The molecule has 0 aromatic heterocycles. The van der Waals surface area contributed by atoms with Crippen LogP contribution < -0.4 is 27.0 Å². The van der Waals surface area contributed by atoms with Crippen molar-refractivity contribution in [3.05, 3.63) is 95.1 Å². The first-order valence-electron chi connectivity index (χ1n) is 18.6.